The summed E-state index contributed by atoms with van der Waals surface area (Å²) in [5, 5.41) is 0.472. The molecule has 0 aromatic heterocycles. The fourth-order valence-corrected chi connectivity index (χ4v) is 1.34. The van der Waals surface area contributed by atoms with Gasteiger partial charge >= 0.3 is 0 Å². The summed E-state index contributed by atoms with van der Waals surface area (Å²) >= 11 is 5.89. The molecule has 78 valence electrons. The summed E-state index contributed by atoms with van der Waals surface area (Å²) in [4.78, 5) is 0. The van der Waals surface area contributed by atoms with Gasteiger partial charge in [0.2, 0.25) is 0 Å². The van der Waals surface area contributed by atoms with Gasteiger partial charge in [0.15, 0.2) is 0 Å². The minimum atomic E-state index is -0.277. The number of hydrogen-bond donors (Lipinski definition) is 0. The van der Waals surface area contributed by atoms with E-state index in [-0.39, 0.29) is 5.82 Å². The third-order valence-corrected chi connectivity index (χ3v) is 2.26. The molecule has 0 unspecified atom stereocenters. The zero-order chi connectivity index (χ0) is 10.6. The van der Waals surface area contributed by atoms with Crippen LogP contribution in [0.2, 0.25) is 5.02 Å². The summed E-state index contributed by atoms with van der Waals surface area (Å²) in [7, 11) is 0. The maximum Gasteiger partial charge on any atom is 0.140 e. The Labute approximate surface area is 88.8 Å². The molecule has 0 aliphatic rings. The summed E-state index contributed by atoms with van der Waals surface area (Å²) in [5.41, 5.74) is 0.540. The molecule has 0 saturated heterocycles. The molecule has 0 aliphatic heterocycles. The molecule has 0 spiro atoms. The first-order valence-corrected chi connectivity index (χ1v) is 5.11. The quantitative estimate of drug-likeness (QED) is 0.693. The number of benzene rings is 1. The zero-order valence-electron chi connectivity index (χ0n) is 8.44. The van der Waals surface area contributed by atoms with Gasteiger partial charge in [-0.1, -0.05) is 24.9 Å². The molecule has 0 fully saturated rings. The van der Waals surface area contributed by atoms with Crippen LogP contribution in [0.4, 0.5) is 4.39 Å². The predicted molar refractivity (Wildman–Crippen MR) is 56.6 cm³/mol. The van der Waals surface area contributed by atoms with Crippen LogP contribution in [0.15, 0.2) is 12.1 Å². The van der Waals surface area contributed by atoms with Crippen LogP contribution in [0.25, 0.3) is 0 Å². The molecule has 3 heteroatoms. The monoisotopic (exact) mass is 216 g/mol. The summed E-state index contributed by atoms with van der Waals surface area (Å²) in [6.45, 7) is 4.33. The number of hydrogen-bond acceptors (Lipinski definition) is 1. The molecule has 0 aliphatic carbocycles. The second kappa shape index (κ2) is 5.20. The number of aryl methyl sites for hydroxylation is 1. The maximum absolute atomic E-state index is 13.1. The van der Waals surface area contributed by atoms with E-state index in [0.29, 0.717) is 22.9 Å². The number of ether oxygens (including phenoxy) is 1. The van der Waals surface area contributed by atoms with E-state index in [2.05, 4.69) is 6.92 Å². The lowest BCUT2D eigenvalue weighted by Gasteiger charge is -2.08. The summed E-state index contributed by atoms with van der Waals surface area (Å²) in [5.74, 6) is 0.157. The van der Waals surface area contributed by atoms with Gasteiger partial charge in [0.05, 0.1) is 11.6 Å². The molecule has 0 amide bonds. The Bertz CT molecular complexity index is 312. The Hall–Kier alpha value is -0.760. The molecule has 0 saturated carbocycles. The van der Waals surface area contributed by atoms with E-state index in [1.165, 1.54) is 6.07 Å². The first kappa shape index (κ1) is 11.3. The molecule has 0 N–H and O–H groups in total. The molecule has 0 bridgehead atoms. The molecule has 0 heterocycles. The van der Waals surface area contributed by atoms with Crippen molar-refractivity contribution < 1.29 is 9.13 Å². The van der Waals surface area contributed by atoms with Gasteiger partial charge in [-0.25, -0.2) is 4.39 Å². The van der Waals surface area contributed by atoms with Gasteiger partial charge in [-0.15, -0.1) is 0 Å². The lowest BCUT2D eigenvalue weighted by Crippen LogP contribution is -1.98. The molecule has 0 radical (unpaired) electrons. The minimum absolute atomic E-state index is 0.277. The zero-order valence-corrected chi connectivity index (χ0v) is 9.20. The Morgan fingerprint density at radius 1 is 1.43 bits per heavy atom. The highest BCUT2D eigenvalue weighted by Crippen LogP contribution is 2.27. The van der Waals surface area contributed by atoms with Gasteiger partial charge in [0.25, 0.3) is 0 Å². The van der Waals surface area contributed by atoms with Crippen LogP contribution in [-0.2, 0) is 0 Å². The van der Waals surface area contributed by atoms with E-state index in [0.717, 1.165) is 12.8 Å². The number of rotatable bonds is 4. The van der Waals surface area contributed by atoms with Crippen LogP contribution >= 0.6 is 11.6 Å². The van der Waals surface area contributed by atoms with Gasteiger partial charge in [-0.2, -0.15) is 0 Å². The Morgan fingerprint density at radius 3 is 2.79 bits per heavy atom. The largest absolute Gasteiger partial charge is 0.492 e. The fourth-order valence-electron chi connectivity index (χ4n) is 1.07. The van der Waals surface area contributed by atoms with E-state index in [9.17, 15) is 4.39 Å². The van der Waals surface area contributed by atoms with Gasteiger partial charge in [0.1, 0.15) is 11.6 Å². The van der Waals surface area contributed by atoms with Crippen molar-refractivity contribution in [3.05, 3.63) is 28.5 Å². The third kappa shape index (κ3) is 2.88. The fraction of sp³-hybridized carbons (Fsp3) is 0.455. The van der Waals surface area contributed by atoms with Crippen LogP contribution in [0.3, 0.4) is 0 Å². The summed E-state index contributed by atoms with van der Waals surface area (Å²) < 4.78 is 18.5. The van der Waals surface area contributed by atoms with E-state index in [1.807, 2.05) is 0 Å². The first-order chi connectivity index (χ1) is 6.65. The Balaban J connectivity index is 2.72. The molecule has 14 heavy (non-hydrogen) atoms. The normalized spacial score (nSPS) is 10.3. The highest BCUT2D eigenvalue weighted by molar-refractivity contribution is 6.32. The van der Waals surface area contributed by atoms with Gasteiger partial charge < -0.3 is 4.74 Å². The highest BCUT2D eigenvalue weighted by Gasteiger charge is 2.06. The van der Waals surface area contributed by atoms with E-state index in [1.54, 1.807) is 13.0 Å². The van der Waals surface area contributed by atoms with Crippen molar-refractivity contribution in [2.24, 2.45) is 0 Å². The van der Waals surface area contributed by atoms with Crippen LogP contribution in [0.5, 0.6) is 5.75 Å². The van der Waals surface area contributed by atoms with Crippen molar-refractivity contribution >= 4 is 11.6 Å². The smallest absolute Gasteiger partial charge is 0.140 e. The van der Waals surface area contributed by atoms with Crippen molar-refractivity contribution in [3.8, 4) is 5.75 Å². The highest BCUT2D eigenvalue weighted by atomic mass is 35.5. The van der Waals surface area contributed by atoms with Crippen molar-refractivity contribution in [1.29, 1.82) is 0 Å². The van der Waals surface area contributed by atoms with Crippen molar-refractivity contribution in [1.82, 2.24) is 0 Å². The minimum Gasteiger partial charge on any atom is -0.492 e. The van der Waals surface area contributed by atoms with E-state index in [4.69, 9.17) is 16.3 Å². The molecule has 1 aromatic rings. The molecular weight excluding hydrogens is 203 g/mol. The van der Waals surface area contributed by atoms with E-state index < -0.39 is 0 Å². The maximum atomic E-state index is 13.1. The summed E-state index contributed by atoms with van der Waals surface area (Å²) in [6.07, 6.45) is 2.00. The second-order valence-electron chi connectivity index (χ2n) is 3.23. The average Bonchev–Trinajstić information content (AvgIpc) is 2.14. The Morgan fingerprint density at radius 2 is 2.14 bits per heavy atom. The average molecular weight is 217 g/mol. The topological polar surface area (TPSA) is 9.23 Å². The van der Waals surface area contributed by atoms with Crippen LogP contribution in [0, 0.1) is 12.7 Å². The second-order valence-corrected chi connectivity index (χ2v) is 3.64. The van der Waals surface area contributed by atoms with Crippen LogP contribution in [-0.4, -0.2) is 6.61 Å². The van der Waals surface area contributed by atoms with Crippen molar-refractivity contribution in [2.75, 3.05) is 6.61 Å². The van der Waals surface area contributed by atoms with Gasteiger partial charge in [-0.05, 0) is 25.0 Å². The lowest BCUT2D eigenvalue weighted by molar-refractivity contribution is 0.308. The number of halogens is 2. The molecule has 1 nitrogen and oxygen atoms in total. The van der Waals surface area contributed by atoms with E-state index >= 15 is 0 Å². The Kier molecular flexibility index (Phi) is 4.21. The van der Waals surface area contributed by atoms with Crippen LogP contribution < -0.4 is 4.74 Å². The third-order valence-electron chi connectivity index (χ3n) is 1.97. The standard InChI is InChI=1S/C11H14ClFO/c1-3-4-5-14-11-7-10(13)8(2)6-9(11)12/h6-7H,3-5H2,1-2H3. The summed E-state index contributed by atoms with van der Waals surface area (Å²) in [6, 6.07) is 2.92. The molecular formula is C11H14ClFO. The van der Waals surface area contributed by atoms with Crippen molar-refractivity contribution in [2.45, 2.75) is 26.7 Å². The van der Waals surface area contributed by atoms with Gasteiger partial charge in [0, 0.05) is 6.07 Å². The lowest BCUT2D eigenvalue weighted by atomic mass is 10.2. The molecule has 1 aromatic carbocycles. The van der Waals surface area contributed by atoms with Crippen LogP contribution in [0.1, 0.15) is 25.3 Å². The van der Waals surface area contributed by atoms with Gasteiger partial charge in [-0.3, -0.25) is 0 Å². The number of unbranched alkanes of at least 4 members (excludes halogenated alkanes) is 1. The molecule has 1 rings (SSSR count). The molecule has 0 atom stereocenters. The SMILES string of the molecule is CCCCOc1cc(F)c(C)cc1Cl. The predicted octanol–water partition coefficient (Wildman–Crippen LogP) is 3.97. The van der Waals surface area contributed by atoms with Crippen molar-refractivity contribution in [3.63, 3.8) is 0 Å². The first-order valence-electron chi connectivity index (χ1n) is 4.73.